The highest BCUT2D eigenvalue weighted by molar-refractivity contribution is 5.94. The fraction of sp³-hybridized carbons (Fsp3) is 0.350. The Morgan fingerprint density at radius 2 is 1.75 bits per heavy atom. The average molecular weight is 327 g/mol. The van der Waals surface area contributed by atoms with Crippen molar-refractivity contribution in [1.82, 2.24) is 4.90 Å². The highest BCUT2D eigenvalue weighted by atomic mass is 16.7. The lowest BCUT2D eigenvalue weighted by atomic mass is 10.0. The van der Waals surface area contributed by atoms with Crippen LogP contribution in [-0.4, -0.2) is 37.3 Å². The molecule has 0 aliphatic heterocycles. The number of rotatable bonds is 8. The lowest BCUT2D eigenvalue weighted by Gasteiger charge is -2.28. The average Bonchev–Trinajstić information content (AvgIpc) is 2.62. The maximum atomic E-state index is 12.7. The Labute approximate surface area is 144 Å². The van der Waals surface area contributed by atoms with Crippen molar-refractivity contribution < 1.29 is 14.3 Å². The molecule has 2 aromatic carbocycles. The van der Waals surface area contributed by atoms with Gasteiger partial charge in [-0.1, -0.05) is 30.3 Å². The van der Waals surface area contributed by atoms with Gasteiger partial charge in [0.1, 0.15) is 5.75 Å². The maximum Gasteiger partial charge on any atom is 0.254 e. The summed E-state index contributed by atoms with van der Waals surface area (Å²) in [5, 5.41) is 0. The Bertz CT molecular complexity index is 625. The molecule has 0 saturated heterocycles. The van der Waals surface area contributed by atoms with Crippen LogP contribution in [0.3, 0.4) is 0 Å². The molecule has 2 aromatic rings. The summed E-state index contributed by atoms with van der Waals surface area (Å²) in [7, 11) is 1.60. The number of methoxy groups -OCH3 is 1. The van der Waals surface area contributed by atoms with Crippen molar-refractivity contribution in [2.24, 2.45) is 0 Å². The minimum absolute atomic E-state index is 0.0747. The van der Waals surface area contributed by atoms with Crippen molar-refractivity contribution in [1.29, 1.82) is 0 Å². The number of carbonyl (C=O) groups excluding carboxylic acids is 1. The summed E-state index contributed by atoms with van der Waals surface area (Å²) >= 11 is 0. The molecule has 4 heteroatoms. The number of hydrogen-bond donors (Lipinski definition) is 0. The molecule has 0 heterocycles. The quantitative estimate of drug-likeness (QED) is 0.693. The van der Waals surface area contributed by atoms with Gasteiger partial charge in [-0.25, -0.2) is 0 Å². The van der Waals surface area contributed by atoms with Gasteiger partial charge in [-0.15, -0.1) is 0 Å². The fourth-order valence-corrected chi connectivity index (χ4v) is 2.70. The molecule has 0 spiro atoms. The standard InChI is InChI=1S/C20H25NO3/c1-4-21(20(22)18-8-6-5-7-9-18)16(2)14-17-10-12-19(13-11-17)24-15-23-3/h5-13,16H,4,14-15H2,1-3H3. The van der Waals surface area contributed by atoms with Crippen LogP contribution < -0.4 is 4.74 Å². The van der Waals surface area contributed by atoms with E-state index in [4.69, 9.17) is 9.47 Å². The molecule has 4 nitrogen and oxygen atoms in total. The summed E-state index contributed by atoms with van der Waals surface area (Å²) in [5.74, 6) is 0.853. The molecule has 0 radical (unpaired) electrons. The molecule has 0 aromatic heterocycles. The van der Waals surface area contributed by atoms with Crippen LogP contribution in [0.1, 0.15) is 29.8 Å². The van der Waals surface area contributed by atoms with E-state index < -0.39 is 0 Å². The summed E-state index contributed by atoms with van der Waals surface area (Å²) in [6, 6.07) is 17.5. The lowest BCUT2D eigenvalue weighted by Crippen LogP contribution is -2.39. The first-order valence-corrected chi connectivity index (χ1v) is 8.22. The van der Waals surface area contributed by atoms with Gasteiger partial charge in [0.25, 0.3) is 5.91 Å². The van der Waals surface area contributed by atoms with Crippen LogP contribution in [0.4, 0.5) is 0 Å². The molecule has 0 saturated carbocycles. The minimum atomic E-state index is 0.0747. The number of ether oxygens (including phenoxy) is 2. The van der Waals surface area contributed by atoms with Crippen molar-refractivity contribution in [3.8, 4) is 5.75 Å². The second-order valence-corrected chi connectivity index (χ2v) is 5.71. The Balaban J connectivity index is 2.01. The Hall–Kier alpha value is -2.33. The molecule has 1 amide bonds. The van der Waals surface area contributed by atoms with Crippen LogP contribution in [0.2, 0.25) is 0 Å². The molecule has 24 heavy (non-hydrogen) atoms. The molecule has 1 unspecified atom stereocenters. The van der Waals surface area contributed by atoms with Crippen molar-refractivity contribution >= 4 is 5.91 Å². The van der Waals surface area contributed by atoms with Gasteiger partial charge in [-0.05, 0) is 50.1 Å². The third-order valence-electron chi connectivity index (χ3n) is 3.95. The molecule has 1 atom stereocenters. The fourth-order valence-electron chi connectivity index (χ4n) is 2.70. The number of likely N-dealkylation sites (N-methyl/N-ethyl adjacent to an activating group) is 1. The largest absolute Gasteiger partial charge is 0.468 e. The molecule has 0 fully saturated rings. The Morgan fingerprint density at radius 3 is 2.33 bits per heavy atom. The van der Waals surface area contributed by atoms with Gasteiger partial charge >= 0.3 is 0 Å². The van der Waals surface area contributed by atoms with E-state index in [1.807, 2.05) is 66.4 Å². The van der Waals surface area contributed by atoms with Crippen molar-refractivity contribution in [3.05, 3.63) is 65.7 Å². The first kappa shape index (κ1) is 18.0. The van der Waals surface area contributed by atoms with Gasteiger partial charge in [0, 0.05) is 25.3 Å². The molecule has 0 bridgehead atoms. The third kappa shape index (κ3) is 4.83. The van der Waals surface area contributed by atoms with Crippen LogP contribution in [0.5, 0.6) is 5.75 Å². The minimum Gasteiger partial charge on any atom is -0.468 e. The molecule has 128 valence electrons. The molecular formula is C20H25NO3. The predicted octanol–water partition coefficient (Wildman–Crippen LogP) is 3.76. The highest BCUT2D eigenvalue weighted by Crippen LogP contribution is 2.16. The summed E-state index contributed by atoms with van der Waals surface area (Å²) in [6.07, 6.45) is 0.803. The summed E-state index contributed by atoms with van der Waals surface area (Å²) in [5.41, 5.74) is 1.90. The van der Waals surface area contributed by atoms with E-state index in [0.29, 0.717) is 6.54 Å². The second kappa shape index (κ2) is 9.08. The van der Waals surface area contributed by atoms with Crippen LogP contribution in [-0.2, 0) is 11.2 Å². The van der Waals surface area contributed by atoms with Gasteiger partial charge in [0.05, 0.1) is 0 Å². The van der Waals surface area contributed by atoms with Crippen molar-refractivity contribution in [3.63, 3.8) is 0 Å². The van der Waals surface area contributed by atoms with Crippen LogP contribution >= 0.6 is 0 Å². The van der Waals surface area contributed by atoms with Gasteiger partial charge in [-0.2, -0.15) is 0 Å². The van der Waals surface area contributed by atoms with Crippen LogP contribution in [0, 0.1) is 0 Å². The highest BCUT2D eigenvalue weighted by Gasteiger charge is 2.20. The van der Waals surface area contributed by atoms with E-state index in [2.05, 4.69) is 6.92 Å². The summed E-state index contributed by atoms with van der Waals surface area (Å²) in [4.78, 5) is 14.6. The molecular weight excluding hydrogens is 302 g/mol. The normalized spacial score (nSPS) is 11.8. The predicted molar refractivity (Wildman–Crippen MR) is 95.3 cm³/mol. The number of nitrogens with zero attached hydrogens (tertiary/aromatic N) is 1. The number of hydrogen-bond acceptors (Lipinski definition) is 3. The van der Waals surface area contributed by atoms with Crippen molar-refractivity contribution in [2.45, 2.75) is 26.3 Å². The molecule has 0 N–H and O–H groups in total. The topological polar surface area (TPSA) is 38.8 Å². The summed E-state index contributed by atoms with van der Waals surface area (Å²) in [6.45, 7) is 5.02. The summed E-state index contributed by atoms with van der Waals surface area (Å²) < 4.78 is 10.3. The Morgan fingerprint density at radius 1 is 1.08 bits per heavy atom. The van der Waals surface area contributed by atoms with E-state index in [-0.39, 0.29) is 18.7 Å². The Kier molecular flexibility index (Phi) is 6.82. The maximum absolute atomic E-state index is 12.7. The first-order valence-electron chi connectivity index (χ1n) is 8.22. The second-order valence-electron chi connectivity index (χ2n) is 5.71. The van der Waals surface area contributed by atoms with E-state index in [1.165, 1.54) is 5.56 Å². The lowest BCUT2D eigenvalue weighted by molar-refractivity contribution is 0.0511. The smallest absolute Gasteiger partial charge is 0.254 e. The van der Waals surface area contributed by atoms with E-state index in [0.717, 1.165) is 17.7 Å². The molecule has 0 aliphatic carbocycles. The zero-order chi connectivity index (χ0) is 17.4. The van der Waals surface area contributed by atoms with Crippen molar-refractivity contribution in [2.75, 3.05) is 20.4 Å². The van der Waals surface area contributed by atoms with Gasteiger partial charge in [-0.3, -0.25) is 4.79 Å². The molecule has 2 rings (SSSR count). The zero-order valence-electron chi connectivity index (χ0n) is 14.6. The van der Waals surface area contributed by atoms with Gasteiger partial charge < -0.3 is 14.4 Å². The van der Waals surface area contributed by atoms with Gasteiger partial charge in [0.2, 0.25) is 0 Å². The van der Waals surface area contributed by atoms with Crippen LogP contribution in [0.15, 0.2) is 54.6 Å². The first-order chi connectivity index (χ1) is 11.7. The van der Waals surface area contributed by atoms with E-state index in [1.54, 1.807) is 7.11 Å². The number of carbonyl (C=O) groups is 1. The van der Waals surface area contributed by atoms with Crippen LogP contribution in [0.25, 0.3) is 0 Å². The SMILES string of the molecule is CCN(C(=O)c1ccccc1)C(C)Cc1ccc(OCOC)cc1. The number of benzene rings is 2. The van der Waals surface area contributed by atoms with E-state index >= 15 is 0 Å². The molecule has 0 aliphatic rings. The zero-order valence-corrected chi connectivity index (χ0v) is 14.6. The number of amides is 1. The van der Waals surface area contributed by atoms with E-state index in [9.17, 15) is 4.79 Å². The monoisotopic (exact) mass is 327 g/mol. The van der Waals surface area contributed by atoms with Gasteiger partial charge in [0.15, 0.2) is 6.79 Å². The third-order valence-corrected chi connectivity index (χ3v) is 3.95.